The van der Waals surface area contributed by atoms with Crippen LogP contribution in [-0.2, 0) is 10.0 Å². The summed E-state index contributed by atoms with van der Waals surface area (Å²) in [6.07, 6.45) is 3.37. The van der Waals surface area contributed by atoms with Crippen LogP contribution in [0.25, 0.3) is 0 Å². The van der Waals surface area contributed by atoms with Crippen molar-refractivity contribution in [1.82, 2.24) is 4.90 Å². The van der Waals surface area contributed by atoms with Gasteiger partial charge in [-0.15, -0.1) is 0 Å². The van der Waals surface area contributed by atoms with E-state index in [1.165, 1.54) is 5.56 Å². The van der Waals surface area contributed by atoms with Crippen molar-refractivity contribution >= 4 is 21.5 Å². The predicted molar refractivity (Wildman–Crippen MR) is 120 cm³/mol. The molecule has 1 saturated heterocycles. The molecule has 1 aliphatic heterocycles. The number of nitrogens with one attached hydrogen (secondary N) is 1. The summed E-state index contributed by atoms with van der Waals surface area (Å²) in [5.74, 6) is 0.759. The fourth-order valence-corrected chi connectivity index (χ4v) is 4.48. The highest BCUT2D eigenvalue weighted by molar-refractivity contribution is 7.92. The van der Waals surface area contributed by atoms with Crippen LogP contribution in [0.5, 0.6) is 5.75 Å². The van der Waals surface area contributed by atoms with Crippen LogP contribution in [0.3, 0.4) is 0 Å². The van der Waals surface area contributed by atoms with Crippen LogP contribution >= 0.6 is 0 Å². The number of nitrogens with zero attached hydrogens (tertiary/aromatic N) is 1. The third-order valence-electron chi connectivity index (χ3n) is 5.67. The number of sulfonamides is 1. The van der Waals surface area contributed by atoms with Crippen molar-refractivity contribution in [1.29, 1.82) is 0 Å². The number of aromatic hydroxyl groups is 1. The number of likely N-dealkylation sites (tertiary alicyclic amines) is 1. The van der Waals surface area contributed by atoms with E-state index in [9.17, 15) is 18.3 Å². The fourth-order valence-electron chi connectivity index (χ4n) is 3.85. The Morgan fingerprint density at radius 3 is 2.50 bits per heavy atom. The molecule has 0 aromatic heterocycles. The van der Waals surface area contributed by atoms with E-state index in [1.807, 2.05) is 12.1 Å². The Morgan fingerprint density at radius 2 is 1.83 bits per heavy atom. The summed E-state index contributed by atoms with van der Waals surface area (Å²) in [4.78, 5) is 14.6. The van der Waals surface area contributed by atoms with E-state index in [4.69, 9.17) is 0 Å². The van der Waals surface area contributed by atoms with E-state index in [1.54, 1.807) is 37.3 Å². The van der Waals surface area contributed by atoms with Gasteiger partial charge in [0.05, 0.1) is 5.75 Å². The molecular weight excluding hydrogens is 400 g/mol. The number of ketones is 1. The SMILES string of the molecule is CCS(=O)(=O)Nc1cccc(C2CCN(CCCC(=O)c3ccc(O)cc3)CC2)c1. The largest absolute Gasteiger partial charge is 0.508 e. The van der Waals surface area contributed by atoms with Gasteiger partial charge in [0.15, 0.2) is 5.78 Å². The highest BCUT2D eigenvalue weighted by Crippen LogP contribution is 2.30. The molecule has 0 aliphatic carbocycles. The lowest BCUT2D eigenvalue weighted by Crippen LogP contribution is -2.33. The van der Waals surface area contributed by atoms with Crippen molar-refractivity contribution < 1.29 is 18.3 Å². The minimum absolute atomic E-state index is 0.0604. The van der Waals surface area contributed by atoms with E-state index < -0.39 is 10.0 Å². The zero-order valence-corrected chi connectivity index (χ0v) is 18.2. The van der Waals surface area contributed by atoms with Gasteiger partial charge in [0.1, 0.15) is 5.75 Å². The number of phenols is 1. The molecule has 162 valence electrons. The Morgan fingerprint density at radius 1 is 1.13 bits per heavy atom. The lowest BCUT2D eigenvalue weighted by atomic mass is 9.89. The van der Waals surface area contributed by atoms with Crippen LogP contribution < -0.4 is 4.72 Å². The Labute approximate surface area is 179 Å². The van der Waals surface area contributed by atoms with E-state index in [-0.39, 0.29) is 17.3 Å². The van der Waals surface area contributed by atoms with Gasteiger partial charge in [-0.1, -0.05) is 12.1 Å². The summed E-state index contributed by atoms with van der Waals surface area (Å²) >= 11 is 0. The lowest BCUT2D eigenvalue weighted by molar-refractivity contribution is 0.0972. The van der Waals surface area contributed by atoms with Gasteiger partial charge in [-0.2, -0.15) is 0 Å². The standard InChI is InChI=1S/C23H30N2O4S/c1-2-30(28,29)24-21-6-3-5-20(17-21)18-12-15-25(16-13-18)14-4-7-23(27)19-8-10-22(26)11-9-19/h3,5-6,8-11,17-18,24,26H,2,4,7,12-16H2,1H3. The Kier molecular flexibility index (Phi) is 7.50. The van der Waals surface area contributed by atoms with Crippen molar-refractivity contribution in [3.8, 4) is 5.75 Å². The molecule has 2 aromatic rings. The van der Waals surface area contributed by atoms with Gasteiger partial charge in [-0.05, 0) is 93.7 Å². The molecule has 3 rings (SSSR count). The molecule has 0 radical (unpaired) electrons. The molecule has 0 atom stereocenters. The van der Waals surface area contributed by atoms with Crippen LogP contribution in [0, 0.1) is 0 Å². The number of phenolic OH excluding ortho intramolecular Hbond substituents is 1. The second-order valence-corrected chi connectivity index (χ2v) is 9.83. The molecule has 7 heteroatoms. The van der Waals surface area contributed by atoms with Crippen LogP contribution in [0.1, 0.15) is 54.4 Å². The topological polar surface area (TPSA) is 86.7 Å². The molecule has 0 unspecified atom stereocenters. The van der Waals surface area contributed by atoms with Crippen molar-refractivity contribution in [3.05, 3.63) is 59.7 Å². The molecule has 0 spiro atoms. The molecule has 1 heterocycles. The number of benzene rings is 2. The van der Waals surface area contributed by atoms with Gasteiger partial charge in [0.2, 0.25) is 10.0 Å². The summed E-state index contributed by atoms with van der Waals surface area (Å²) < 4.78 is 26.2. The smallest absolute Gasteiger partial charge is 0.232 e. The van der Waals surface area contributed by atoms with Gasteiger partial charge in [0, 0.05) is 17.7 Å². The van der Waals surface area contributed by atoms with Crippen LogP contribution in [0.4, 0.5) is 5.69 Å². The maximum absolute atomic E-state index is 12.2. The Hall–Kier alpha value is -2.38. The van der Waals surface area contributed by atoms with Gasteiger partial charge in [0.25, 0.3) is 0 Å². The number of Topliss-reactive ketones (excluding diaryl/α,β-unsaturated/α-hetero) is 1. The zero-order valence-electron chi connectivity index (χ0n) is 17.4. The number of hydrogen-bond donors (Lipinski definition) is 2. The fraction of sp³-hybridized carbons (Fsp3) is 0.435. The second-order valence-electron chi connectivity index (χ2n) is 7.82. The lowest BCUT2D eigenvalue weighted by Gasteiger charge is -2.32. The van der Waals surface area contributed by atoms with Gasteiger partial charge in [-0.3, -0.25) is 9.52 Å². The number of carbonyl (C=O) groups is 1. The van der Waals surface area contributed by atoms with Gasteiger partial charge < -0.3 is 10.0 Å². The van der Waals surface area contributed by atoms with Crippen LogP contribution in [0.2, 0.25) is 0 Å². The molecular formula is C23H30N2O4S. The summed E-state index contributed by atoms with van der Waals surface area (Å²) in [6, 6.07) is 14.1. The molecule has 0 amide bonds. The maximum atomic E-state index is 12.2. The highest BCUT2D eigenvalue weighted by atomic mass is 32.2. The molecule has 0 bridgehead atoms. The van der Waals surface area contributed by atoms with Crippen LogP contribution in [0.15, 0.2) is 48.5 Å². The van der Waals surface area contributed by atoms with Crippen molar-refractivity contribution in [2.75, 3.05) is 30.1 Å². The van der Waals surface area contributed by atoms with Gasteiger partial charge >= 0.3 is 0 Å². The minimum atomic E-state index is -3.27. The first-order valence-electron chi connectivity index (χ1n) is 10.5. The van der Waals surface area contributed by atoms with E-state index in [0.29, 0.717) is 23.6 Å². The molecule has 1 aliphatic rings. The molecule has 2 N–H and O–H groups in total. The minimum Gasteiger partial charge on any atom is -0.508 e. The average molecular weight is 431 g/mol. The van der Waals surface area contributed by atoms with E-state index in [0.717, 1.165) is 38.9 Å². The van der Waals surface area contributed by atoms with Crippen molar-refractivity contribution in [3.63, 3.8) is 0 Å². The first-order valence-corrected chi connectivity index (χ1v) is 12.2. The summed E-state index contributed by atoms with van der Waals surface area (Å²) in [5, 5.41) is 9.32. The number of hydrogen-bond acceptors (Lipinski definition) is 5. The maximum Gasteiger partial charge on any atom is 0.232 e. The molecule has 0 saturated carbocycles. The molecule has 6 nitrogen and oxygen atoms in total. The first kappa shape index (κ1) is 22.3. The Bertz CT molecular complexity index is 949. The normalized spacial score (nSPS) is 15.8. The predicted octanol–water partition coefficient (Wildman–Crippen LogP) is 4.00. The quantitative estimate of drug-likeness (QED) is 0.587. The van der Waals surface area contributed by atoms with E-state index in [2.05, 4.69) is 15.7 Å². The molecule has 2 aromatic carbocycles. The number of carbonyl (C=O) groups excluding carboxylic acids is 1. The van der Waals surface area contributed by atoms with E-state index >= 15 is 0 Å². The van der Waals surface area contributed by atoms with Crippen LogP contribution in [-0.4, -0.2) is 49.6 Å². The van der Waals surface area contributed by atoms with Gasteiger partial charge in [-0.25, -0.2) is 8.42 Å². The number of rotatable bonds is 9. The summed E-state index contributed by atoms with van der Waals surface area (Å²) in [6.45, 7) is 4.47. The van der Waals surface area contributed by atoms with Crippen molar-refractivity contribution in [2.45, 2.75) is 38.5 Å². The molecule has 1 fully saturated rings. The van der Waals surface area contributed by atoms with Crippen molar-refractivity contribution in [2.24, 2.45) is 0 Å². The third kappa shape index (κ3) is 6.31. The molecule has 30 heavy (non-hydrogen) atoms. The highest BCUT2D eigenvalue weighted by Gasteiger charge is 2.21. The third-order valence-corrected chi connectivity index (χ3v) is 6.97. The number of anilines is 1. The Balaban J connectivity index is 1.45. The average Bonchev–Trinajstić information content (AvgIpc) is 2.74. The first-order chi connectivity index (χ1) is 14.4. The monoisotopic (exact) mass is 430 g/mol. The summed E-state index contributed by atoms with van der Waals surface area (Å²) in [5.41, 5.74) is 2.45. The second kappa shape index (κ2) is 10.1. The number of piperidine rings is 1. The summed E-state index contributed by atoms with van der Waals surface area (Å²) in [7, 11) is -3.27. The zero-order chi connectivity index (χ0) is 21.6.